The SMILES string of the molecule is CC1=c2cccc/c2=C/C(c2cccc(C(=N)SC(=N)c3ccc4c(ccc5nc(-c6nnc(-c7cccc(-c8cc9ccccc9c9ccccc89)n7)s6)ccc54)n3)n2)=C/CCC=C1. The number of rotatable bonds is 6. The van der Waals surface area contributed by atoms with E-state index in [4.69, 9.17) is 30.8 Å². The lowest BCUT2D eigenvalue weighted by Gasteiger charge is -2.11. The molecule has 0 atom stereocenters. The van der Waals surface area contributed by atoms with Crippen molar-refractivity contribution in [2.75, 3.05) is 0 Å². The fourth-order valence-electron chi connectivity index (χ4n) is 8.46. The summed E-state index contributed by atoms with van der Waals surface area (Å²) in [5.41, 5.74) is 9.01. The normalized spacial score (nSPS) is 14.2. The first-order valence-electron chi connectivity index (χ1n) is 21.3. The largest absolute Gasteiger partial charge is 0.292 e. The highest BCUT2D eigenvalue weighted by molar-refractivity contribution is 8.27. The minimum Gasteiger partial charge on any atom is -0.292 e. The summed E-state index contributed by atoms with van der Waals surface area (Å²) < 4.78 is 0. The van der Waals surface area contributed by atoms with Crippen molar-refractivity contribution < 1.29 is 0 Å². The molecule has 10 heteroatoms. The van der Waals surface area contributed by atoms with E-state index in [0.29, 0.717) is 16.4 Å². The van der Waals surface area contributed by atoms with Gasteiger partial charge >= 0.3 is 0 Å². The van der Waals surface area contributed by atoms with E-state index in [1.54, 1.807) is 0 Å². The predicted octanol–water partition coefficient (Wildman–Crippen LogP) is 12.2. The molecule has 0 spiro atoms. The molecule has 5 aromatic carbocycles. The third-order valence-corrected chi connectivity index (χ3v) is 13.5. The van der Waals surface area contributed by atoms with Crippen LogP contribution in [0.1, 0.15) is 36.8 Å². The Morgan fingerprint density at radius 1 is 0.538 bits per heavy atom. The fourth-order valence-corrected chi connectivity index (χ4v) is 9.89. The van der Waals surface area contributed by atoms with Crippen LogP contribution in [0.4, 0.5) is 0 Å². The van der Waals surface area contributed by atoms with Gasteiger partial charge < -0.3 is 0 Å². The van der Waals surface area contributed by atoms with Crippen LogP contribution in [0, 0.1) is 10.8 Å². The Morgan fingerprint density at radius 3 is 2.05 bits per heavy atom. The quantitative estimate of drug-likeness (QED) is 0.0968. The van der Waals surface area contributed by atoms with Gasteiger partial charge in [0.25, 0.3) is 0 Å². The lowest BCUT2D eigenvalue weighted by Crippen LogP contribution is -2.25. The lowest BCUT2D eigenvalue weighted by atomic mass is 9.95. The summed E-state index contributed by atoms with van der Waals surface area (Å²) in [5, 5.41) is 37.8. The molecule has 2 N–H and O–H groups in total. The first-order chi connectivity index (χ1) is 31.9. The highest BCUT2D eigenvalue weighted by Crippen LogP contribution is 2.36. The van der Waals surface area contributed by atoms with Gasteiger partial charge in [-0.2, -0.15) is 0 Å². The molecule has 1 aliphatic carbocycles. The lowest BCUT2D eigenvalue weighted by molar-refractivity contribution is 1.05. The number of benzene rings is 5. The molecule has 0 radical (unpaired) electrons. The molecule has 0 bridgehead atoms. The number of hydrogen-bond donors (Lipinski definition) is 2. The van der Waals surface area contributed by atoms with Gasteiger partial charge in [-0.1, -0.05) is 114 Å². The molecular formula is C55H38N8S2. The van der Waals surface area contributed by atoms with Gasteiger partial charge in [0.05, 0.1) is 33.8 Å². The van der Waals surface area contributed by atoms with Crippen LogP contribution >= 0.6 is 23.1 Å². The van der Waals surface area contributed by atoms with Gasteiger partial charge in [0, 0.05) is 16.3 Å². The van der Waals surface area contributed by atoms with E-state index in [1.807, 2.05) is 66.7 Å². The van der Waals surface area contributed by atoms with E-state index in [0.717, 1.165) is 95.9 Å². The van der Waals surface area contributed by atoms with Gasteiger partial charge in [-0.05, 0) is 147 Å². The molecule has 11 rings (SSSR count). The molecule has 1 aliphatic rings. The Kier molecular flexibility index (Phi) is 10.5. The Hall–Kier alpha value is -7.79. The monoisotopic (exact) mass is 874 g/mol. The number of thioether (sulfide) groups is 1. The summed E-state index contributed by atoms with van der Waals surface area (Å²) in [4.78, 5) is 19.9. The molecule has 5 aromatic heterocycles. The third kappa shape index (κ3) is 7.83. The van der Waals surface area contributed by atoms with Crippen LogP contribution in [0.25, 0.3) is 93.2 Å². The summed E-state index contributed by atoms with van der Waals surface area (Å²) in [5.74, 6) is 0. The van der Waals surface area contributed by atoms with Gasteiger partial charge in [0.15, 0.2) is 10.0 Å². The summed E-state index contributed by atoms with van der Waals surface area (Å²) in [6.07, 6.45) is 10.6. The molecule has 10 aromatic rings. The Morgan fingerprint density at radius 2 is 1.20 bits per heavy atom. The minimum absolute atomic E-state index is 0.173. The maximum atomic E-state index is 8.98. The number of nitrogens with zero attached hydrogens (tertiary/aromatic N) is 6. The average molecular weight is 875 g/mol. The van der Waals surface area contributed by atoms with E-state index in [2.05, 4.69) is 126 Å². The summed E-state index contributed by atoms with van der Waals surface area (Å²) in [6.45, 7) is 2.14. The molecule has 0 saturated heterocycles. The summed E-state index contributed by atoms with van der Waals surface area (Å²) in [7, 11) is 0. The van der Waals surface area contributed by atoms with Crippen LogP contribution in [-0.2, 0) is 0 Å². The van der Waals surface area contributed by atoms with E-state index >= 15 is 0 Å². The standard InChI is InChI=1S/C55H38N8S2/c1-33-13-3-2-4-16-36(31-34-14-5-7-17-37(33)34)44-21-11-23-48(58-44)52(56)64-53(57)49-27-25-41-42-26-28-51(61-47(42)30-29-46(41)59-49)55-63-62-54(65-55)50-24-12-22-45(60-50)43-32-35-15-6-8-18-38(35)39-19-9-10-20-40(39)43/h3,5-32,56-57H,2,4H2,1H3/b13-3?,34-31-,36-16-,37-33?,56-52?,57-53?. The van der Waals surface area contributed by atoms with Crippen LogP contribution in [0.5, 0.6) is 0 Å². The zero-order valence-electron chi connectivity index (χ0n) is 35.2. The predicted molar refractivity (Wildman–Crippen MR) is 271 cm³/mol. The van der Waals surface area contributed by atoms with Crippen molar-refractivity contribution >= 4 is 93.8 Å². The summed E-state index contributed by atoms with van der Waals surface area (Å²) in [6, 6.07) is 51.1. The number of hydrogen-bond acceptors (Lipinski definition) is 10. The molecular weight excluding hydrogens is 837 g/mol. The number of allylic oxidation sites excluding steroid dienone is 4. The van der Waals surface area contributed by atoms with Gasteiger partial charge in [0.2, 0.25) is 0 Å². The Balaban J connectivity index is 0.823. The molecule has 8 nitrogen and oxygen atoms in total. The smallest absolute Gasteiger partial charge is 0.166 e. The van der Waals surface area contributed by atoms with Gasteiger partial charge in [-0.3, -0.25) is 10.8 Å². The van der Waals surface area contributed by atoms with Crippen LogP contribution in [0.3, 0.4) is 0 Å². The number of aromatic nitrogens is 6. The second-order valence-electron chi connectivity index (χ2n) is 15.8. The van der Waals surface area contributed by atoms with E-state index in [9.17, 15) is 0 Å². The van der Waals surface area contributed by atoms with Crippen LogP contribution in [0.15, 0.2) is 170 Å². The van der Waals surface area contributed by atoms with Crippen LogP contribution < -0.4 is 10.4 Å². The Bertz CT molecular complexity index is 3780. The molecule has 0 saturated carbocycles. The zero-order chi connectivity index (χ0) is 43.9. The van der Waals surface area contributed by atoms with Crippen molar-refractivity contribution in [3.63, 3.8) is 0 Å². The van der Waals surface area contributed by atoms with Crippen LogP contribution in [0.2, 0.25) is 0 Å². The van der Waals surface area contributed by atoms with E-state index in [1.165, 1.54) is 38.3 Å². The minimum atomic E-state index is 0.173. The highest BCUT2D eigenvalue weighted by Gasteiger charge is 2.17. The first-order valence-corrected chi connectivity index (χ1v) is 23.0. The van der Waals surface area contributed by atoms with Crippen molar-refractivity contribution in [2.45, 2.75) is 19.8 Å². The second-order valence-corrected chi connectivity index (χ2v) is 17.8. The summed E-state index contributed by atoms with van der Waals surface area (Å²) >= 11 is 2.51. The van der Waals surface area contributed by atoms with Crippen molar-refractivity contribution in [3.8, 4) is 32.7 Å². The Labute approximate surface area is 382 Å². The molecule has 0 amide bonds. The van der Waals surface area contributed by atoms with Crippen molar-refractivity contribution in [1.29, 1.82) is 10.8 Å². The van der Waals surface area contributed by atoms with Gasteiger partial charge in [-0.15, -0.1) is 10.2 Å². The maximum absolute atomic E-state index is 8.98. The number of pyridine rings is 4. The fraction of sp³-hybridized carbons (Fsp3) is 0.0545. The molecule has 0 aliphatic heterocycles. The van der Waals surface area contributed by atoms with Gasteiger partial charge in [-0.25, -0.2) is 19.9 Å². The first kappa shape index (κ1) is 40.0. The van der Waals surface area contributed by atoms with Gasteiger partial charge in [0.1, 0.15) is 21.5 Å². The van der Waals surface area contributed by atoms with Crippen molar-refractivity contribution in [3.05, 3.63) is 197 Å². The average Bonchev–Trinajstić information content (AvgIpc) is 3.86. The highest BCUT2D eigenvalue weighted by atomic mass is 32.2. The molecule has 310 valence electrons. The molecule has 0 unspecified atom stereocenters. The third-order valence-electron chi connectivity index (χ3n) is 11.7. The number of fused-ring (bicyclic) bond motifs is 7. The van der Waals surface area contributed by atoms with E-state index in [-0.39, 0.29) is 10.1 Å². The second kappa shape index (κ2) is 17.1. The zero-order valence-corrected chi connectivity index (χ0v) is 36.8. The topological polar surface area (TPSA) is 125 Å². The maximum Gasteiger partial charge on any atom is 0.166 e. The number of nitrogens with one attached hydrogen (secondary N) is 2. The van der Waals surface area contributed by atoms with Crippen LogP contribution in [-0.4, -0.2) is 40.2 Å². The van der Waals surface area contributed by atoms with E-state index < -0.39 is 0 Å². The molecule has 5 heterocycles. The molecule has 0 fully saturated rings. The van der Waals surface area contributed by atoms with Crippen molar-refractivity contribution in [1.82, 2.24) is 30.1 Å². The molecule has 65 heavy (non-hydrogen) atoms. The van der Waals surface area contributed by atoms with Crippen molar-refractivity contribution in [2.24, 2.45) is 0 Å².